The van der Waals surface area contributed by atoms with Crippen molar-refractivity contribution >= 4 is 46.0 Å². The quantitative estimate of drug-likeness (QED) is 0.599. The first-order valence-electron chi connectivity index (χ1n) is 7.23. The predicted molar refractivity (Wildman–Crippen MR) is 101 cm³/mol. The summed E-state index contributed by atoms with van der Waals surface area (Å²) in [5.74, 6) is -0.0920. The first-order chi connectivity index (χ1) is 11.0. The van der Waals surface area contributed by atoms with Crippen molar-refractivity contribution in [2.45, 2.75) is 20.8 Å². The van der Waals surface area contributed by atoms with E-state index < -0.39 is 0 Å². The van der Waals surface area contributed by atoms with Crippen LogP contribution in [0.4, 0.5) is 5.69 Å². The lowest BCUT2D eigenvalue weighted by Crippen LogP contribution is -2.27. The zero-order valence-electron chi connectivity index (χ0n) is 13.2. The highest BCUT2D eigenvalue weighted by molar-refractivity contribution is 8.27. The van der Waals surface area contributed by atoms with E-state index in [-0.39, 0.29) is 5.91 Å². The number of carbonyl (C=O) groups excluding carboxylic acids is 1. The molecule has 0 aliphatic carbocycles. The second kappa shape index (κ2) is 6.26. The van der Waals surface area contributed by atoms with E-state index in [1.54, 1.807) is 18.5 Å². The van der Waals surface area contributed by atoms with Crippen molar-refractivity contribution in [2.24, 2.45) is 0 Å². The molecule has 3 nitrogen and oxygen atoms in total. The first kappa shape index (κ1) is 15.9. The number of hydrogen-bond donors (Lipinski definition) is 0. The van der Waals surface area contributed by atoms with Gasteiger partial charge in [-0.2, -0.15) is 0 Å². The molecule has 5 heteroatoms. The Hall–Kier alpha value is -1.98. The lowest BCUT2D eigenvalue weighted by atomic mass is 10.0. The van der Waals surface area contributed by atoms with Gasteiger partial charge < -0.3 is 0 Å². The first-order valence-corrected chi connectivity index (χ1v) is 8.45. The molecule has 116 valence electrons. The van der Waals surface area contributed by atoms with Gasteiger partial charge in [0.05, 0.1) is 16.8 Å². The highest BCUT2D eigenvalue weighted by atomic mass is 32.2. The van der Waals surface area contributed by atoms with Gasteiger partial charge in [0, 0.05) is 6.20 Å². The summed E-state index contributed by atoms with van der Waals surface area (Å²) in [6, 6.07) is 7.89. The van der Waals surface area contributed by atoms with Crippen molar-refractivity contribution in [1.29, 1.82) is 0 Å². The molecule has 0 N–H and O–H groups in total. The highest BCUT2D eigenvalue weighted by Crippen LogP contribution is 2.36. The number of aryl methyl sites for hydroxylation is 3. The van der Waals surface area contributed by atoms with Gasteiger partial charge in [0.25, 0.3) is 5.91 Å². The number of benzene rings is 1. The predicted octanol–water partition coefficient (Wildman–Crippen LogP) is 4.41. The van der Waals surface area contributed by atoms with Gasteiger partial charge in [-0.15, -0.1) is 0 Å². The molecular weight excluding hydrogens is 324 g/mol. The Balaban J connectivity index is 1.98. The van der Waals surface area contributed by atoms with Crippen molar-refractivity contribution in [3.63, 3.8) is 0 Å². The Kier molecular flexibility index (Phi) is 4.33. The number of thiocarbonyl (C=S) groups is 1. The number of aromatic nitrogens is 1. The fourth-order valence-electron chi connectivity index (χ4n) is 2.46. The standard InChI is InChI=1S/C18H16N2OS2/c1-11-7-13(3)14(8-12(11)2)9-16-17(21)20(18(22)23-16)15-5-4-6-19-10-15/h4-10H,1-3H3. The van der Waals surface area contributed by atoms with Crippen molar-refractivity contribution in [3.8, 4) is 0 Å². The third-order valence-electron chi connectivity index (χ3n) is 3.87. The molecule has 0 spiro atoms. The molecule has 0 radical (unpaired) electrons. The molecule has 0 saturated carbocycles. The zero-order valence-corrected chi connectivity index (χ0v) is 14.8. The maximum atomic E-state index is 12.7. The van der Waals surface area contributed by atoms with E-state index >= 15 is 0 Å². The molecule has 2 heterocycles. The van der Waals surface area contributed by atoms with Gasteiger partial charge in [0.1, 0.15) is 0 Å². The van der Waals surface area contributed by atoms with Crippen LogP contribution in [-0.2, 0) is 4.79 Å². The van der Waals surface area contributed by atoms with Gasteiger partial charge in [0.2, 0.25) is 0 Å². The molecule has 1 amide bonds. The molecule has 1 aromatic carbocycles. The molecule has 0 atom stereocenters. The molecule has 1 aromatic heterocycles. The molecule has 3 rings (SSSR count). The van der Waals surface area contributed by atoms with Crippen LogP contribution < -0.4 is 4.90 Å². The molecule has 1 fully saturated rings. The summed E-state index contributed by atoms with van der Waals surface area (Å²) in [5, 5.41) is 0. The lowest BCUT2D eigenvalue weighted by molar-refractivity contribution is -0.113. The number of hydrogen-bond acceptors (Lipinski definition) is 4. The van der Waals surface area contributed by atoms with Crippen LogP contribution >= 0.6 is 24.0 Å². The summed E-state index contributed by atoms with van der Waals surface area (Å²) in [6.07, 6.45) is 5.25. The minimum Gasteiger partial charge on any atom is -0.268 e. The summed E-state index contributed by atoms with van der Waals surface area (Å²) in [7, 11) is 0. The number of amides is 1. The minimum atomic E-state index is -0.0920. The molecule has 1 aliphatic heterocycles. The Morgan fingerprint density at radius 3 is 2.61 bits per heavy atom. The normalized spacial score (nSPS) is 16.5. The third kappa shape index (κ3) is 3.07. The average molecular weight is 340 g/mol. The van der Waals surface area contributed by atoms with E-state index in [4.69, 9.17) is 12.2 Å². The summed E-state index contributed by atoms with van der Waals surface area (Å²) < 4.78 is 0.538. The van der Waals surface area contributed by atoms with Crippen molar-refractivity contribution in [2.75, 3.05) is 4.90 Å². The second-order valence-corrected chi connectivity index (χ2v) is 7.20. The summed E-state index contributed by atoms with van der Waals surface area (Å²) in [4.78, 5) is 18.9. The van der Waals surface area contributed by atoms with Crippen LogP contribution in [-0.4, -0.2) is 15.2 Å². The molecular formula is C18H16N2OS2. The molecule has 0 unspecified atom stereocenters. The van der Waals surface area contributed by atoms with E-state index in [1.807, 2.05) is 12.1 Å². The van der Waals surface area contributed by atoms with Gasteiger partial charge in [0.15, 0.2) is 4.32 Å². The number of thioether (sulfide) groups is 1. The van der Waals surface area contributed by atoms with E-state index in [0.717, 1.165) is 11.1 Å². The molecule has 1 saturated heterocycles. The van der Waals surface area contributed by atoms with Crippen LogP contribution in [0.5, 0.6) is 0 Å². The van der Waals surface area contributed by atoms with E-state index in [0.29, 0.717) is 14.9 Å². The van der Waals surface area contributed by atoms with Gasteiger partial charge in [-0.05, 0) is 61.2 Å². The maximum Gasteiger partial charge on any atom is 0.270 e. The van der Waals surface area contributed by atoms with Gasteiger partial charge in [-0.1, -0.05) is 36.1 Å². The number of carbonyl (C=O) groups is 1. The second-order valence-electron chi connectivity index (χ2n) is 5.52. The van der Waals surface area contributed by atoms with Crippen LogP contribution in [0, 0.1) is 20.8 Å². The summed E-state index contributed by atoms with van der Waals surface area (Å²) in [5.41, 5.74) is 5.38. The van der Waals surface area contributed by atoms with Crippen LogP contribution in [0.25, 0.3) is 6.08 Å². The van der Waals surface area contributed by atoms with Crippen LogP contribution in [0.15, 0.2) is 41.6 Å². The van der Waals surface area contributed by atoms with Gasteiger partial charge in [-0.25, -0.2) is 0 Å². The Morgan fingerprint density at radius 2 is 1.91 bits per heavy atom. The molecule has 2 aromatic rings. The zero-order chi connectivity index (χ0) is 16.6. The van der Waals surface area contributed by atoms with Gasteiger partial charge in [-0.3, -0.25) is 14.7 Å². The lowest BCUT2D eigenvalue weighted by Gasteiger charge is -2.13. The van der Waals surface area contributed by atoms with Crippen LogP contribution in [0.3, 0.4) is 0 Å². The van der Waals surface area contributed by atoms with Crippen molar-refractivity contribution in [3.05, 3.63) is 63.8 Å². The van der Waals surface area contributed by atoms with E-state index in [2.05, 4.69) is 37.9 Å². The molecule has 23 heavy (non-hydrogen) atoms. The topological polar surface area (TPSA) is 33.2 Å². The Labute approximate surface area is 145 Å². The molecule has 1 aliphatic rings. The average Bonchev–Trinajstić information content (AvgIpc) is 2.80. The van der Waals surface area contributed by atoms with Crippen LogP contribution in [0.1, 0.15) is 22.3 Å². The van der Waals surface area contributed by atoms with Crippen molar-refractivity contribution in [1.82, 2.24) is 4.98 Å². The number of anilines is 1. The largest absolute Gasteiger partial charge is 0.270 e. The summed E-state index contributed by atoms with van der Waals surface area (Å²) in [6.45, 7) is 6.22. The number of pyridine rings is 1. The van der Waals surface area contributed by atoms with Crippen LogP contribution in [0.2, 0.25) is 0 Å². The monoisotopic (exact) mass is 340 g/mol. The maximum absolute atomic E-state index is 12.7. The fourth-order valence-corrected chi connectivity index (χ4v) is 3.75. The van der Waals surface area contributed by atoms with E-state index in [1.165, 1.54) is 27.8 Å². The number of nitrogens with zero attached hydrogens (tertiary/aromatic N) is 2. The highest BCUT2D eigenvalue weighted by Gasteiger charge is 2.33. The Bertz CT molecular complexity index is 828. The SMILES string of the molecule is Cc1cc(C)c(C=C2SC(=S)N(c3cccnc3)C2=O)cc1C. The van der Waals surface area contributed by atoms with Gasteiger partial charge >= 0.3 is 0 Å². The molecule has 0 bridgehead atoms. The summed E-state index contributed by atoms with van der Waals surface area (Å²) >= 11 is 6.70. The van der Waals surface area contributed by atoms with Crippen molar-refractivity contribution < 1.29 is 4.79 Å². The minimum absolute atomic E-state index is 0.0920. The number of rotatable bonds is 2. The van der Waals surface area contributed by atoms with E-state index in [9.17, 15) is 4.79 Å². The third-order valence-corrected chi connectivity index (χ3v) is 5.17. The smallest absolute Gasteiger partial charge is 0.268 e. The Morgan fingerprint density at radius 1 is 1.17 bits per heavy atom. The fraction of sp³-hybridized carbons (Fsp3) is 0.167.